The Labute approximate surface area is 161 Å². The Morgan fingerprint density at radius 3 is 3.00 bits per heavy atom. The first-order valence-electron chi connectivity index (χ1n) is 8.92. The molecule has 0 unspecified atom stereocenters. The highest BCUT2D eigenvalue weighted by atomic mass is 35.5. The quantitative estimate of drug-likeness (QED) is 0.739. The van der Waals surface area contributed by atoms with Crippen LogP contribution in [0, 0.1) is 19.8 Å². The van der Waals surface area contributed by atoms with Gasteiger partial charge in [0.25, 0.3) is 5.71 Å². The normalized spacial score (nSPS) is 17.3. The van der Waals surface area contributed by atoms with Gasteiger partial charge in [-0.25, -0.2) is 4.98 Å². The van der Waals surface area contributed by atoms with Crippen molar-refractivity contribution in [3.63, 3.8) is 0 Å². The van der Waals surface area contributed by atoms with Crippen molar-refractivity contribution in [1.29, 1.82) is 0 Å². The van der Waals surface area contributed by atoms with E-state index in [1.807, 2.05) is 32.0 Å². The molecule has 0 aliphatic carbocycles. The summed E-state index contributed by atoms with van der Waals surface area (Å²) < 4.78 is 5.23. The van der Waals surface area contributed by atoms with Crippen LogP contribution in [0.3, 0.4) is 0 Å². The second-order valence-electron chi connectivity index (χ2n) is 6.90. The van der Waals surface area contributed by atoms with Crippen LogP contribution in [0.15, 0.2) is 29.0 Å². The molecule has 1 amide bonds. The van der Waals surface area contributed by atoms with Crippen LogP contribution < -0.4 is 10.2 Å². The van der Waals surface area contributed by atoms with Gasteiger partial charge in [-0.05, 0) is 44.4 Å². The number of hydrogen-bond donors (Lipinski definition) is 1. The van der Waals surface area contributed by atoms with Crippen LogP contribution >= 0.6 is 11.6 Å². The summed E-state index contributed by atoms with van der Waals surface area (Å²) in [6.07, 6.45) is 3.19. The topological polar surface area (TPSA) is 84.2 Å². The van der Waals surface area contributed by atoms with Crippen LogP contribution in [0.2, 0.25) is 5.02 Å². The second-order valence-corrected chi connectivity index (χ2v) is 7.31. The number of nitrogens with one attached hydrogen (secondary N) is 1. The first kappa shape index (κ1) is 17.7. The van der Waals surface area contributed by atoms with Gasteiger partial charge >= 0.3 is 0 Å². The maximum Gasteiger partial charge on any atom is 0.263 e. The molecule has 140 valence electrons. The highest BCUT2D eigenvalue weighted by Crippen LogP contribution is 2.30. The molecule has 3 aromatic rings. The molecule has 0 bridgehead atoms. The van der Waals surface area contributed by atoms with Gasteiger partial charge in [-0.15, -0.1) is 0 Å². The first-order valence-corrected chi connectivity index (χ1v) is 9.29. The molecule has 7 nitrogen and oxygen atoms in total. The van der Waals surface area contributed by atoms with Crippen molar-refractivity contribution in [2.45, 2.75) is 26.7 Å². The second kappa shape index (κ2) is 7.15. The van der Waals surface area contributed by atoms with Crippen LogP contribution in [0.4, 0.5) is 11.5 Å². The van der Waals surface area contributed by atoms with E-state index in [1.165, 1.54) is 6.33 Å². The molecule has 8 heteroatoms. The SMILES string of the molecule is Cc1ccc(NC(=O)[C@H]2CCCN(c3ncnc4onc(C)c34)C2)c(Cl)c1. The Kier molecular flexibility index (Phi) is 4.70. The number of nitrogens with zero attached hydrogens (tertiary/aromatic N) is 4. The summed E-state index contributed by atoms with van der Waals surface area (Å²) in [6.45, 7) is 5.23. The lowest BCUT2D eigenvalue weighted by Gasteiger charge is -2.33. The third-order valence-corrected chi connectivity index (χ3v) is 5.21. The molecule has 1 aliphatic rings. The fourth-order valence-corrected chi connectivity index (χ4v) is 3.77. The molecule has 1 saturated heterocycles. The summed E-state index contributed by atoms with van der Waals surface area (Å²) in [5.41, 5.74) is 2.91. The predicted molar refractivity (Wildman–Crippen MR) is 104 cm³/mol. The number of fused-ring (bicyclic) bond motifs is 1. The molecule has 4 rings (SSSR count). The first-order chi connectivity index (χ1) is 13.0. The lowest BCUT2D eigenvalue weighted by atomic mass is 9.96. The number of rotatable bonds is 3. The van der Waals surface area contributed by atoms with Gasteiger partial charge in [0.05, 0.1) is 22.3 Å². The Bertz CT molecular complexity index is 1000. The third-order valence-electron chi connectivity index (χ3n) is 4.90. The summed E-state index contributed by atoms with van der Waals surface area (Å²) in [5, 5.41) is 8.30. The molecule has 27 heavy (non-hydrogen) atoms. The average molecular weight is 386 g/mol. The number of anilines is 2. The number of benzene rings is 1. The molecule has 1 aromatic carbocycles. The van der Waals surface area contributed by atoms with E-state index >= 15 is 0 Å². The van der Waals surface area contributed by atoms with E-state index in [9.17, 15) is 4.79 Å². The zero-order valence-corrected chi connectivity index (χ0v) is 16.0. The lowest BCUT2D eigenvalue weighted by molar-refractivity contribution is -0.120. The zero-order chi connectivity index (χ0) is 19.0. The monoisotopic (exact) mass is 385 g/mol. The maximum atomic E-state index is 12.8. The van der Waals surface area contributed by atoms with E-state index in [0.29, 0.717) is 23.0 Å². The van der Waals surface area contributed by atoms with Gasteiger partial charge in [0.2, 0.25) is 5.91 Å². The molecule has 1 aliphatic heterocycles. The number of halogens is 1. The minimum atomic E-state index is -0.152. The zero-order valence-electron chi connectivity index (χ0n) is 15.2. The van der Waals surface area contributed by atoms with E-state index in [-0.39, 0.29) is 11.8 Å². The summed E-state index contributed by atoms with van der Waals surface area (Å²) in [7, 11) is 0. The van der Waals surface area contributed by atoms with Crippen LogP contribution in [0.1, 0.15) is 24.1 Å². The van der Waals surface area contributed by atoms with Crippen molar-refractivity contribution in [2.75, 3.05) is 23.3 Å². The van der Waals surface area contributed by atoms with Crippen molar-refractivity contribution in [3.05, 3.63) is 40.8 Å². The average Bonchev–Trinajstić information content (AvgIpc) is 3.05. The Morgan fingerprint density at radius 1 is 1.33 bits per heavy atom. The van der Waals surface area contributed by atoms with Crippen LogP contribution in [0.25, 0.3) is 11.1 Å². The summed E-state index contributed by atoms with van der Waals surface area (Å²) >= 11 is 6.25. The van der Waals surface area contributed by atoms with Gasteiger partial charge < -0.3 is 14.7 Å². The molecule has 1 fully saturated rings. The fourth-order valence-electron chi connectivity index (χ4n) is 3.48. The van der Waals surface area contributed by atoms with Crippen LogP contribution in [-0.2, 0) is 4.79 Å². The molecular weight excluding hydrogens is 366 g/mol. The predicted octanol–water partition coefficient (Wildman–Crippen LogP) is 3.74. The number of carbonyl (C=O) groups is 1. The van der Waals surface area contributed by atoms with Gasteiger partial charge in [-0.1, -0.05) is 22.8 Å². The van der Waals surface area contributed by atoms with E-state index in [1.54, 1.807) is 0 Å². The highest BCUT2D eigenvalue weighted by molar-refractivity contribution is 6.33. The minimum absolute atomic E-state index is 0.0298. The Balaban J connectivity index is 1.54. The standard InChI is InChI=1S/C19H20ClN5O2/c1-11-5-6-15(14(20)8-11)23-18(26)13-4-3-7-25(9-13)17-16-12(2)24-27-19(16)22-10-21-17/h5-6,8,10,13H,3-4,7,9H2,1-2H3,(H,23,26)/t13-/m0/s1. The molecule has 1 atom stereocenters. The molecular formula is C19H20ClN5O2. The number of amides is 1. The van der Waals surface area contributed by atoms with E-state index in [2.05, 4.69) is 25.3 Å². The van der Waals surface area contributed by atoms with Crippen molar-refractivity contribution in [2.24, 2.45) is 5.92 Å². The molecule has 2 aromatic heterocycles. The van der Waals surface area contributed by atoms with E-state index in [4.69, 9.17) is 16.1 Å². The smallest absolute Gasteiger partial charge is 0.263 e. The maximum absolute atomic E-state index is 12.8. The van der Waals surface area contributed by atoms with Crippen molar-refractivity contribution in [3.8, 4) is 0 Å². The summed E-state index contributed by atoms with van der Waals surface area (Å²) in [6, 6.07) is 5.61. The van der Waals surface area contributed by atoms with Crippen molar-refractivity contribution in [1.82, 2.24) is 15.1 Å². The number of aromatic nitrogens is 3. The largest absolute Gasteiger partial charge is 0.355 e. The van der Waals surface area contributed by atoms with Gasteiger partial charge in [-0.3, -0.25) is 4.79 Å². The third kappa shape index (κ3) is 3.47. The molecule has 0 radical (unpaired) electrons. The van der Waals surface area contributed by atoms with Crippen LogP contribution in [0.5, 0.6) is 0 Å². The van der Waals surface area contributed by atoms with Gasteiger partial charge in [0, 0.05) is 13.1 Å². The molecule has 0 spiro atoms. The molecule has 3 heterocycles. The van der Waals surface area contributed by atoms with Gasteiger partial charge in [-0.2, -0.15) is 4.98 Å². The van der Waals surface area contributed by atoms with Crippen molar-refractivity contribution < 1.29 is 9.32 Å². The summed E-state index contributed by atoms with van der Waals surface area (Å²) in [4.78, 5) is 23.5. The molecule has 1 N–H and O–H groups in total. The van der Waals surface area contributed by atoms with Gasteiger partial charge in [0.1, 0.15) is 17.5 Å². The minimum Gasteiger partial charge on any atom is -0.355 e. The number of aryl methyl sites for hydroxylation is 2. The number of piperidine rings is 1. The molecule has 0 saturated carbocycles. The van der Waals surface area contributed by atoms with E-state index in [0.717, 1.165) is 41.8 Å². The number of hydrogen-bond acceptors (Lipinski definition) is 6. The summed E-state index contributed by atoms with van der Waals surface area (Å²) in [5.74, 6) is 0.587. The van der Waals surface area contributed by atoms with Crippen LogP contribution in [-0.4, -0.2) is 34.1 Å². The Hall–Kier alpha value is -2.67. The van der Waals surface area contributed by atoms with Gasteiger partial charge in [0.15, 0.2) is 0 Å². The Morgan fingerprint density at radius 2 is 2.19 bits per heavy atom. The van der Waals surface area contributed by atoms with E-state index < -0.39 is 0 Å². The van der Waals surface area contributed by atoms with Crippen molar-refractivity contribution >= 4 is 40.1 Å². The lowest BCUT2D eigenvalue weighted by Crippen LogP contribution is -2.41. The fraction of sp³-hybridized carbons (Fsp3) is 0.368. The number of carbonyl (C=O) groups excluding carboxylic acids is 1. The highest BCUT2D eigenvalue weighted by Gasteiger charge is 2.29.